The number of likely N-dealkylation sites (tertiary alicyclic amines) is 1. The monoisotopic (exact) mass is 233 g/mol. The molecular formula is C14H23N3. The van der Waals surface area contributed by atoms with Gasteiger partial charge in [-0.15, -0.1) is 0 Å². The molecule has 1 aliphatic heterocycles. The van der Waals surface area contributed by atoms with Gasteiger partial charge in [-0.2, -0.15) is 0 Å². The van der Waals surface area contributed by atoms with Crippen molar-refractivity contribution >= 4 is 11.4 Å². The topological polar surface area (TPSA) is 27.3 Å². The standard InChI is InChI=1S/C14H23N3/c1-3-17-10-4-5-14(11-17)16-13-8-6-12(15-2)7-9-13/h6-9,14-16H,3-5,10-11H2,1-2H3. The summed E-state index contributed by atoms with van der Waals surface area (Å²) in [5.74, 6) is 0. The van der Waals surface area contributed by atoms with Crippen LogP contribution in [0.3, 0.4) is 0 Å². The van der Waals surface area contributed by atoms with Gasteiger partial charge in [0.25, 0.3) is 0 Å². The Morgan fingerprint density at radius 2 is 1.94 bits per heavy atom. The molecule has 1 saturated heterocycles. The second kappa shape index (κ2) is 5.92. The van der Waals surface area contributed by atoms with Crippen molar-refractivity contribution in [3.05, 3.63) is 24.3 Å². The number of nitrogens with zero attached hydrogens (tertiary/aromatic N) is 1. The van der Waals surface area contributed by atoms with Crippen molar-refractivity contribution in [3.63, 3.8) is 0 Å². The van der Waals surface area contributed by atoms with E-state index in [2.05, 4.69) is 46.7 Å². The molecule has 0 aliphatic carbocycles. The molecule has 1 aromatic carbocycles. The molecule has 94 valence electrons. The average Bonchev–Trinajstić information content (AvgIpc) is 2.40. The summed E-state index contributed by atoms with van der Waals surface area (Å²) in [5.41, 5.74) is 2.39. The van der Waals surface area contributed by atoms with Gasteiger partial charge in [-0.05, 0) is 50.2 Å². The van der Waals surface area contributed by atoms with Crippen LogP contribution in [-0.2, 0) is 0 Å². The summed E-state index contributed by atoms with van der Waals surface area (Å²) in [6.45, 7) is 5.83. The molecule has 0 spiro atoms. The maximum atomic E-state index is 3.63. The highest BCUT2D eigenvalue weighted by Crippen LogP contribution is 2.17. The van der Waals surface area contributed by atoms with Gasteiger partial charge in [0.1, 0.15) is 0 Å². The van der Waals surface area contributed by atoms with E-state index < -0.39 is 0 Å². The third-order valence-corrected chi connectivity index (χ3v) is 3.50. The second-order valence-electron chi connectivity index (χ2n) is 4.70. The lowest BCUT2D eigenvalue weighted by Gasteiger charge is -2.32. The minimum Gasteiger partial charge on any atom is -0.388 e. The number of likely N-dealkylation sites (N-methyl/N-ethyl adjacent to an activating group) is 1. The molecule has 0 saturated carbocycles. The Hall–Kier alpha value is -1.22. The normalized spacial score (nSPS) is 21.2. The summed E-state index contributed by atoms with van der Waals surface area (Å²) < 4.78 is 0. The minimum absolute atomic E-state index is 0.601. The van der Waals surface area contributed by atoms with E-state index in [1.54, 1.807) is 0 Å². The van der Waals surface area contributed by atoms with Gasteiger partial charge in [-0.1, -0.05) is 6.92 Å². The van der Waals surface area contributed by atoms with Gasteiger partial charge in [0.05, 0.1) is 0 Å². The number of hydrogen-bond acceptors (Lipinski definition) is 3. The molecule has 2 N–H and O–H groups in total. The Balaban J connectivity index is 1.90. The molecular weight excluding hydrogens is 210 g/mol. The van der Waals surface area contributed by atoms with E-state index in [4.69, 9.17) is 0 Å². The Morgan fingerprint density at radius 1 is 1.24 bits per heavy atom. The maximum absolute atomic E-state index is 3.63. The Kier molecular flexibility index (Phi) is 4.26. The number of rotatable bonds is 4. The number of benzene rings is 1. The summed E-state index contributed by atoms with van der Waals surface area (Å²) in [6, 6.07) is 9.13. The van der Waals surface area contributed by atoms with E-state index >= 15 is 0 Å². The SMILES string of the molecule is CCN1CCCC(Nc2ccc(NC)cc2)C1. The van der Waals surface area contributed by atoms with Crippen LogP contribution in [-0.4, -0.2) is 37.6 Å². The molecule has 3 nitrogen and oxygen atoms in total. The third-order valence-electron chi connectivity index (χ3n) is 3.50. The van der Waals surface area contributed by atoms with Crippen LogP contribution in [0.25, 0.3) is 0 Å². The first-order chi connectivity index (χ1) is 8.31. The van der Waals surface area contributed by atoms with Crippen LogP contribution < -0.4 is 10.6 Å². The van der Waals surface area contributed by atoms with Crippen molar-refractivity contribution in [2.24, 2.45) is 0 Å². The molecule has 1 unspecified atom stereocenters. The van der Waals surface area contributed by atoms with E-state index in [0.29, 0.717) is 6.04 Å². The lowest BCUT2D eigenvalue weighted by molar-refractivity contribution is 0.227. The molecule has 1 aromatic rings. The average molecular weight is 233 g/mol. The van der Waals surface area contributed by atoms with Crippen molar-refractivity contribution < 1.29 is 0 Å². The first-order valence-electron chi connectivity index (χ1n) is 6.58. The summed E-state index contributed by atoms with van der Waals surface area (Å²) in [4.78, 5) is 2.52. The van der Waals surface area contributed by atoms with E-state index in [0.717, 1.165) is 12.2 Å². The van der Waals surface area contributed by atoms with Crippen LogP contribution in [0.2, 0.25) is 0 Å². The van der Waals surface area contributed by atoms with E-state index in [-0.39, 0.29) is 0 Å². The van der Waals surface area contributed by atoms with Crippen molar-refractivity contribution in [1.82, 2.24) is 4.90 Å². The molecule has 1 aliphatic rings. The predicted octanol–water partition coefficient (Wildman–Crippen LogP) is 2.62. The molecule has 1 heterocycles. The zero-order valence-electron chi connectivity index (χ0n) is 10.9. The van der Waals surface area contributed by atoms with Crippen LogP contribution in [0.1, 0.15) is 19.8 Å². The highest BCUT2D eigenvalue weighted by Gasteiger charge is 2.17. The number of piperidine rings is 1. The number of nitrogens with one attached hydrogen (secondary N) is 2. The summed E-state index contributed by atoms with van der Waals surface area (Å²) in [6.07, 6.45) is 2.59. The maximum Gasteiger partial charge on any atom is 0.0388 e. The molecule has 0 amide bonds. The Labute approximate surface area is 104 Å². The first-order valence-corrected chi connectivity index (χ1v) is 6.58. The van der Waals surface area contributed by atoms with Gasteiger partial charge in [0, 0.05) is 31.0 Å². The van der Waals surface area contributed by atoms with Gasteiger partial charge in [-0.25, -0.2) is 0 Å². The molecule has 0 aromatic heterocycles. The highest BCUT2D eigenvalue weighted by atomic mass is 15.2. The zero-order valence-corrected chi connectivity index (χ0v) is 10.9. The molecule has 1 atom stereocenters. The second-order valence-corrected chi connectivity index (χ2v) is 4.70. The van der Waals surface area contributed by atoms with Gasteiger partial charge in [-0.3, -0.25) is 0 Å². The molecule has 3 heteroatoms. The van der Waals surface area contributed by atoms with E-state index in [9.17, 15) is 0 Å². The van der Waals surface area contributed by atoms with Crippen molar-refractivity contribution in [2.75, 3.05) is 37.3 Å². The summed E-state index contributed by atoms with van der Waals surface area (Å²) >= 11 is 0. The van der Waals surface area contributed by atoms with Crippen LogP contribution in [0, 0.1) is 0 Å². The molecule has 0 bridgehead atoms. The van der Waals surface area contributed by atoms with Gasteiger partial charge < -0.3 is 15.5 Å². The fraction of sp³-hybridized carbons (Fsp3) is 0.571. The lowest BCUT2D eigenvalue weighted by atomic mass is 10.1. The smallest absolute Gasteiger partial charge is 0.0388 e. The third kappa shape index (κ3) is 3.37. The molecule has 17 heavy (non-hydrogen) atoms. The summed E-state index contributed by atoms with van der Waals surface area (Å²) in [5, 5.41) is 6.76. The van der Waals surface area contributed by atoms with Gasteiger partial charge in [0.15, 0.2) is 0 Å². The first kappa shape index (κ1) is 12.2. The van der Waals surface area contributed by atoms with E-state index in [1.165, 1.54) is 31.6 Å². The highest BCUT2D eigenvalue weighted by molar-refractivity contribution is 5.53. The number of hydrogen-bond donors (Lipinski definition) is 2. The molecule has 1 fully saturated rings. The largest absolute Gasteiger partial charge is 0.388 e. The minimum atomic E-state index is 0.601. The predicted molar refractivity (Wildman–Crippen MR) is 74.7 cm³/mol. The zero-order chi connectivity index (χ0) is 12.1. The van der Waals surface area contributed by atoms with Crippen LogP contribution in [0.15, 0.2) is 24.3 Å². The fourth-order valence-electron chi connectivity index (χ4n) is 2.43. The quantitative estimate of drug-likeness (QED) is 0.837. The molecule has 0 radical (unpaired) electrons. The van der Waals surface area contributed by atoms with Crippen LogP contribution in [0.4, 0.5) is 11.4 Å². The summed E-state index contributed by atoms with van der Waals surface area (Å²) in [7, 11) is 1.95. The molecule has 2 rings (SSSR count). The van der Waals surface area contributed by atoms with Gasteiger partial charge >= 0.3 is 0 Å². The number of anilines is 2. The van der Waals surface area contributed by atoms with Crippen molar-refractivity contribution in [3.8, 4) is 0 Å². The Morgan fingerprint density at radius 3 is 2.59 bits per heavy atom. The van der Waals surface area contributed by atoms with Crippen molar-refractivity contribution in [2.45, 2.75) is 25.8 Å². The van der Waals surface area contributed by atoms with E-state index in [1.807, 2.05) is 7.05 Å². The van der Waals surface area contributed by atoms with Crippen LogP contribution in [0.5, 0.6) is 0 Å². The Bertz CT molecular complexity index is 334. The van der Waals surface area contributed by atoms with Crippen LogP contribution >= 0.6 is 0 Å². The fourth-order valence-corrected chi connectivity index (χ4v) is 2.43. The van der Waals surface area contributed by atoms with Gasteiger partial charge in [0.2, 0.25) is 0 Å². The van der Waals surface area contributed by atoms with Crippen molar-refractivity contribution in [1.29, 1.82) is 0 Å². The lowest BCUT2D eigenvalue weighted by Crippen LogP contribution is -2.41.